The fourth-order valence-electron chi connectivity index (χ4n) is 2.33. The molecule has 0 atom stereocenters. The summed E-state index contributed by atoms with van der Waals surface area (Å²) < 4.78 is 10.6. The lowest BCUT2D eigenvalue weighted by Gasteiger charge is -2.20. The first-order valence-corrected chi connectivity index (χ1v) is 7.60. The van der Waals surface area contributed by atoms with E-state index in [1.165, 1.54) is 0 Å². The lowest BCUT2D eigenvalue weighted by Crippen LogP contribution is -2.42. The van der Waals surface area contributed by atoms with Crippen LogP contribution in [-0.2, 0) is 20.7 Å². The summed E-state index contributed by atoms with van der Waals surface area (Å²) in [6.07, 6.45) is 1.66. The van der Waals surface area contributed by atoms with Crippen molar-refractivity contribution in [3.8, 4) is 0 Å². The largest absolute Gasteiger partial charge is 0.464 e. The maximum atomic E-state index is 11.9. The summed E-state index contributed by atoms with van der Waals surface area (Å²) in [5.74, 6) is -0.760. The maximum absolute atomic E-state index is 11.9. The van der Waals surface area contributed by atoms with Gasteiger partial charge in [0, 0.05) is 16.5 Å². The van der Waals surface area contributed by atoms with Crippen LogP contribution in [0.5, 0.6) is 0 Å². The van der Waals surface area contributed by atoms with Gasteiger partial charge in [0.05, 0.1) is 12.7 Å². The average molecular weight is 317 g/mol. The van der Waals surface area contributed by atoms with Crippen molar-refractivity contribution in [3.63, 3.8) is 0 Å². The van der Waals surface area contributed by atoms with Gasteiger partial charge in [0.2, 0.25) is 0 Å². The van der Waals surface area contributed by atoms with Crippen molar-refractivity contribution in [3.05, 3.63) is 35.1 Å². The van der Waals surface area contributed by atoms with Crippen molar-refractivity contribution >= 4 is 22.8 Å². The van der Waals surface area contributed by atoms with E-state index >= 15 is 0 Å². The van der Waals surface area contributed by atoms with Crippen LogP contribution in [-0.4, -0.2) is 24.0 Å². The Bertz CT molecular complexity index is 737. The number of carbonyl (C=O) groups is 2. The van der Waals surface area contributed by atoms with Crippen molar-refractivity contribution in [2.24, 2.45) is 0 Å². The van der Waals surface area contributed by atoms with E-state index in [2.05, 4.69) is 5.32 Å². The molecule has 23 heavy (non-hydrogen) atoms. The number of carbonyl (C=O) groups excluding carboxylic acids is 2. The van der Waals surface area contributed by atoms with E-state index in [1.54, 1.807) is 6.26 Å². The molecule has 1 aromatic carbocycles. The number of esters is 1. The molecule has 0 aliphatic rings. The minimum atomic E-state index is -0.449. The molecule has 0 aliphatic carbocycles. The quantitative estimate of drug-likeness (QED) is 0.880. The Morgan fingerprint density at radius 1 is 1.22 bits per heavy atom. The van der Waals surface area contributed by atoms with E-state index in [0.29, 0.717) is 0 Å². The number of amides is 1. The fourth-order valence-corrected chi connectivity index (χ4v) is 2.33. The molecular formula is C18H23NO4. The molecule has 5 heteroatoms. The van der Waals surface area contributed by atoms with Crippen molar-refractivity contribution in [1.29, 1.82) is 0 Å². The molecule has 0 radical (unpaired) electrons. The molecule has 1 heterocycles. The number of benzene rings is 1. The predicted molar refractivity (Wildman–Crippen MR) is 88.2 cm³/mol. The first-order valence-electron chi connectivity index (χ1n) is 7.60. The molecule has 2 rings (SSSR count). The van der Waals surface area contributed by atoms with Crippen molar-refractivity contribution in [2.45, 2.75) is 46.6 Å². The number of rotatable bonds is 4. The fraction of sp³-hybridized carbons (Fsp3) is 0.444. The summed E-state index contributed by atoms with van der Waals surface area (Å²) >= 11 is 0. The number of hydrogen-bond acceptors (Lipinski definition) is 4. The van der Waals surface area contributed by atoms with Crippen LogP contribution in [0.1, 0.15) is 37.5 Å². The van der Waals surface area contributed by atoms with E-state index in [1.807, 2.05) is 46.8 Å². The highest BCUT2D eigenvalue weighted by molar-refractivity contribution is 5.89. The number of ether oxygens (including phenoxy) is 1. The molecule has 124 valence electrons. The van der Waals surface area contributed by atoms with E-state index in [9.17, 15) is 9.59 Å². The third kappa shape index (κ3) is 4.34. The summed E-state index contributed by atoms with van der Waals surface area (Å²) in [5, 5.41) is 3.65. The van der Waals surface area contributed by atoms with E-state index in [-0.39, 0.29) is 24.5 Å². The Morgan fingerprint density at radius 2 is 1.91 bits per heavy atom. The zero-order valence-corrected chi connectivity index (χ0v) is 14.3. The van der Waals surface area contributed by atoms with Crippen LogP contribution in [0.25, 0.3) is 11.0 Å². The van der Waals surface area contributed by atoms with E-state index in [0.717, 1.165) is 27.7 Å². The third-order valence-electron chi connectivity index (χ3n) is 3.56. The predicted octanol–water partition coefficient (Wildman–Crippen LogP) is 3.05. The van der Waals surface area contributed by atoms with Gasteiger partial charge in [0.25, 0.3) is 5.91 Å². The molecule has 0 aliphatic heterocycles. The molecule has 0 saturated heterocycles. The van der Waals surface area contributed by atoms with Crippen molar-refractivity contribution < 1.29 is 18.7 Å². The summed E-state index contributed by atoms with van der Waals surface area (Å²) in [7, 11) is 0. The van der Waals surface area contributed by atoms with Gasteiger partial charge in [-0.2, -0.15) is 0 Å². The van der Waals surface area contributed by atoms with Gasteiger partial charge in [0.1, 0.15) is 5.58 Å². The van der Waals surface area contributed by atoms with Crippen LogP contribution in [0, 0.1) is 13.8 Å². The minimum Gasteiger partial charge on any atom is -0.464 e. The van der Waals surface area contributed by atoms with Gasteiger partial charge >= 0.3 is 5.97 Å². The van der Waals surface area contributed by atoms with Crippen LogP contribution < -0.4 is 5.32 Å². The Balaban J connectivity index is 1.99. The molecule has 0 unspecified atom stereocenters. The zero-order chi connectivity index (χ0) is 17.2. The summed E-state index contributed by atoms with van der Waals surface area (Å²) in [6.45, 7) is 9.33. The summed E-state index contributed by atoms with van der Waals surface area (Å²) in [4.78, 5) is 23.6. The molecule has 0 spiro atoms. The van der Waals surface area contributed by atoms with Gasteiger partial charge in [-0.15, -0.1) is 0 Å². The van der Waals surface area contributed by atoms with Crippen LogP contribution in [0.3, 0.4) is 0 Å². The topological polar surface area (TPSA) is 68.5 Å². The normalized spacial score (nSPS) is 11.5. The molecule has 1 aromatic heterocycles. The van der Waals surface area contributed by atoms with E-state index in [4.69, 9.17) is 9.15 Å². The van der Waals surface area contributed by atoms with Crippen LogP contribution >= 0.6 is 0 Å². The number of fused-ring (bicyclic) bond motifs is 1. The average Bonchev–Trinajstić information content (AvgIpc) is 2.82. The van der Waals surface area contributed by atoms with Crippen LogP contribution in [0.4, 0.5) is 0 Å². The number of aryl methyl sites for hydroxylation is 2. The Labute approximate surface area is 136 Å². The van der Waals surface area contributed by atoms with Gasteiger partial charge in [0.15, 0.2) is 6.61 Å². The molecule has 0 bridgehead atoms. The lowest BCUT2D eigenvalue weighted by atomic mass is 10.0. The van der Waals surface area contributed by atoms with Crippen molar-refractivity contribution in [1.82, 2.24) is 5.32 Å². The van der Waals surface area contributed by atoms with Gasteiger partial charge in [-0.3, -0.25) is 9.59 Å². The molecule has 0 fully saturated rings. The zero-order valence-electron chi connectivity index (χ0n) is 14.3. The standard InChI is InChI=1S/C18H23NO4/c1-11-6-7-14-13(9-23-17(14)12(11)2)8-16(21)22-10-15(20)19-18(3,4)5/h6-7,9H,8,10H2,1-5H3,(H,19,20). The Kier molecular flexibility index (Phi) is 4.78. The Morgan fingerprint density at radius 3 is 2.57 bits per heavy atom. The molecule has 2 aromatic rings. The van der Waals surface area contributed by atoms with Crippen molar-refractivity contribution in [2.75, 3.05) is 6.61 Å². The molecular weight excluding hydrogens is 294 g/mol. The van der Waals surface area contributed by atoms with Gasteiger partial charge < -0.3 is 14.5 Å². The second-order valence-corrected chi connectivity index (χ2v) is 6.78. The van der Waals surface area contributed by atoms with Crippen LogP contribution in [0.15, 0.2) is 22.8 Å². The number of furan rings is 1. The first kappa shape index (κ1) is 17.1. The summed E-state index contributed by atoms with van der Waals surface area (Å²) in [6, 6.07) is 3.94. The van der Waals surface area contributed by atoms with Gasteiger partial charge in [-0.05, 0) is 45.7 Å². The Hall–Kier alpha value is -2.30. The molecule has 1 amide bonds. The molecule has 5 nitrogen and oxygen atoms in total. The summed E-state index contributed by atoms with van der Waals surface area (Å²) in [5.41, 5.74) is 3.41. The smallest absolute Gasteiger partial charge is 0.310 e. The SMILES string of the molecule is Cc1ccc2c(CC(=O)OCC(=O)NC(C)(C)C)coc2c1C. The maximum Gasteiger partial charge on any atom is 0.310 e. The minimum absolute atomic E-state index is 0.0816. The highest BCUT2D eigenvalue weighted by Gasteiger charge is 2.17. The highest BCUT2D eigenvalue weighted by atomic mass is 16.5. The van der Waals surface area contributed by atoms with Gasteiger partial charge in [-0.1, -0.05) is 12.1 Å². The van der Waals surface area contributed by atoms with E-state index < -0.39 is 5.97 Å². The van der Waals surface area contributed by atoms with Gasteiger partial charge in [-0.25, -0.2) is 0 Å². The highest BCUT2D eigenvalue weighted by Crippen LogP contribution is 2.26. The number of hydrogen-bond donors (Lipinski definition) is 1. The molecule has 0 saturated carbocycles. The lowest BCUT2D eigenvalue weighted by molar-refractivity contribution is -0.148. The number of nitrogens with one attached hydrogen (secondary N) is 1. The monoisotopic (exact) mass is 317 g/mol. The second-order valence-electron chi connectivity index (χ2n) is 6.78. The first-order chi connectivity index (χ1) is 10.7. The third-order valence-corrected chi connectivity index (χ3v) is 3.56. The molecule has 1 N–H and O–H groups in total. The van der Waals surface area contributed by atoms with Crippen LogP contribution in [0.2, 0.25) is 0 Å². The second kappa shape index (κ2) is 6.44.